The average molecular weight is 310 g/mol. The molecule has 0 fully saturated rings. The van der Waals surface area contributed by atoms with Crippen LogP contribution in [0.25, 0.3) is 0 Å². The molecule has 1 heterocycles. The van der Waals surface area contributed by atoms with Crippen molar-refractivity contribution in [1.82, 2.24) is 0 Å². The Balaban J connectivity index is 1.47. The van der Waals surface area contributed by atoms with Crippen molar-refractivity contribution in [3.8, 4) is 0 Å². The number of hydrogen-bond acceptors (Lipinski definition) is 3. The molecular formula is C20H22O3. The monoisotopic (exact) mass is 310 g/mol. The molecule has 2 aromatic carbocycles. The molecule has 2 unspecified atom stereocenters. The largest absolute Gasteiger partial charge is 0.493 e. The number of rotatable bonds is 7. The van der Waals surface area contributed by atoms with Crippen molar-refractivity contribution >= 4 is 0 Å². The fourth-order valence-electron chi connectivity index (χ4n) is 2.55. The normalized spacial score (nSPS) is 20.2. The SMILES string of the molecule is C1=COC(COCc2ccccc2)C(OCc2ccccc2)C1. The summed E-state index contributed by atoms with van der Waals surface area (Å²) in [5.41, 5.74) is 2.34. The van der Waals surface area contributed by atoms with Crippen LogP contribution in [0.5, 0.6) is 0 Å². The Morgan fingerprint density at radius 1 is 0.870 bits per heavy atom. The molecule has 0 radical (unpaired) electrons. The van der Waals surface area contributed by atoms with Gasteiger partial charge < -0.3 is 14.2 Å². The third-order valence-corrected chi connectivity index (χ3v) is 3.83. The van der Waals surface area contributed by atoms with Crippen molar-refractivity contribution in [3.05, 3.63) is 84.1 Å². The second-order valence-corrected chi connectivity index (χ2v) is 5.62. The number of hydrogen-bond donors (Lipinski definition) is 0. The molecule has 0 saturated carbocycles. The van der Waals surface area contributed by atoms with Crippen molar-refractivity contribution in [1.29, 1.82) is 0 Å². The van der Waals surface area contributed by atoms with Crippen LogP contribution in [0.2, 0.25) is 0 Å². The molecule has 2 aromatic rings. The van der Waals surface area contributed by atoms with E-state index < -0.39 is 0 Å². The zero-order valence-corrected chi connectivity index (χ0v) is 13.1. The quantitative estimate of drug-likeness (QED) is 0.771. The molecule has 1 aliphatic rings. The van der Waals surface area contributed by atoms with Gasteiger partial charge in [0.1, 0.15) is 12.2 Å². The van der Waals surface area contributed by atoms with Gasteiger partial charge >= 0.3 is 0 Å². The van der Waals surface area contributed by atoms with Crippen molar-refractivity contribution in [2.24, 2.45) is 0 Å². The first-order valence-corrected chi connectivity index (χ1v) is 7.99. The molecule has 2 atom stereocenters. The van der Waals surface area contributed by atoms with Gasteiger partial charge in [0, 0.05) is 0 Å². The summed E-state index contributed by atoms with van der Waals surface area (Å²) in [6, 6.07) is 20.4. The van der Waals surface area contributed by atoms with Crippen LogP contribution in [0, 0.1) is 0 Å². The highest BCUT2D eigenvalue weighted by molar-refractivity contribution is 5.14. The smallest absolute Gasteiger partial charge is 0.147 e. The predicted molar refractivity (Wildman–Crippen MR) is 89.7 cm³/mol. The summed E-state index contributed by atoms with van der Waals surface area (Å²) in [5.74, 6) is 0. The molecule has 3 heteroatoms. The molecule has 3 rings (SSSR count). The van der Waals surface area contributed by atoms with Gasteiger partial charge in [-0.3, -0.25) is 0 Å². The third-order valence-electron chi connectivity index (χ3n) is 3.83. The van der Waals surface area contributed by atoms with E-state index in [9.17, 15) is 0 Å². The van der Waals surface area contributed by atoms with Gasteiger partial charge in [0.2, 0.25) is 0 Å². The Kier molecular flexibility index (Phi) is 5.84. The van der Waals surface area contributed by atoms with E-state index in [0.717, 1.165) is 6.42 Å². The van der Waals surface area contributed by atoms with Gasteiger partial charge in [-0.05, 0) is 23.6 Å². The summed E-state index contributed by atoms with van der Waals surface area (Å²) in [6.45, 7) is 1.71. The summed E-state index contributed by atoms with van der Waals surface area (Å²) >= 11 is 0. The maximum Gasteiger partial charge on any atom is 0.147 e. The Morgan fingerprint density at radius 3 is 2.22 bits per heavy atom. The highest BCUT2D eigenvalue weighted by Gasteiger charge is 2.25. The van der Waals surface area contributed by atoms with Crippen LogP contribution in [0.4, 0.5) is 0 Å². The highest BCUT2D eigenvalue weighted by Crippen LogP contribution is 2.18. The Morgan fingerprint density at radius 2 is 1.52 bits per heavy atom. The molecule has 1 aliphatic heterocycles. The maximum absolute atomic E-state index is 6.03. The molecule has 0 aromatic heterocycles. The zero-order valence-electron chi connectivity index (χ0n) is 13.1. The molecule has 120 valence electrons. The maximum atomic E-state index is 6.03. The summed E-state index contributed by atoms with van der Waals surface area (Å²) in [4.78, 5) is 0. The Bertz CT molecular complexity index is 595. The lowest BCUT2D eigenvalue weighted by molar-refractivity contribution is -0.0915. The minimum absolute atomic E-state index is 0.0241. The summed E-state index contributed by atoms with van der Waals surface area (Å²) in [5, 5.41) is 0. The van der Waals surface area contributed by atoms with Gasteiger partial charge in [-0.25, -0.2) is 0 Å². The first-order chi connectivity index (χ1) is 11.4. The van der Waals surface area contributed by atoms with Gasteiger partial charge in [-0.2, -0.15) is 0 Å². The molecule has 23 heavy (non-hydrogen) atoms. The van der Waals surface area contributed by atoms with Gasteiger partial charge in [0.15, 0.2) is 0 Å². The van der Waals surface area contributed by atoms with Crippen LogP contribution in [-0.2, 0) is 27.4 Å². The van der Waals surface area contributed by atoms with Crippen LogP contribution < -0.4 is 0 Å². The summed E-state index contributed by atoms with van der Waals surface area (Å²) in [7, 11) is 0. The first-order valence-electron chi connectivity index (χ1n) is 7.99. The van der Waals surface area contributed by atoms with E-state index in [2.05, 4.69) is 24.3 Å². The lowest BCUT2D eigenvalue weighted by atomic mass is 10.1. The van der Waals surface area contributed by atoms with Crippen LogP contribution in [0.15, 0.2) is 73.0 Å². The zero-order chi connectivity index (χ0) is 15.7. The molecule has 0 N–H and O–H groups in total. The topological polar surface area (TPSA) is 27.7 Å². The van der Waals surface area contributed by atoms with E-state index >= 15 is 0 Å². The summed E-state index contributed by atoms with van der Waals surface area (Å²) < 4.78 is 17.5. The van der Waals surface area contributed by atoms with Gasteiger partial charge in [0.05, 0.1) is 26.1 Å². The van der Waals surface area contributed by atoms with E-state index in [-0.39, 0.29) is 12.2 Å². The van der Waals surface area contributed by atoms with Crippen LogP contribution in [0.1, 0.15) is 17.5 Å². The number of ether oxygens (including phenoxy) is 3. The average Bonchev–Trinajstić information content (AvgIpc) is 2.63. The van der Waals surface area contributed by atoms with Gasteiger partial charge in [0.25, 0.3) is 0 Å². The lowest BCUT2D eigenvalue weighted by Gasteiger charge is -2.28. The highest BCUT2D eigenvalue weighted by atomic mass is 16.6. The first kappa shape index (κ1) is 15.8. The molecule has 3 nitrogen and oxygen atoms in total. The number of benzene rings is 2. The fourth-order valence-corrected chi connectivity index (χ4v) is 2.55. The van der Waals surface area contributed by atoms with Crippen molar-refractivity contribution in [2.75, 3.05) is 6.61 Å². The molecule has 0 amide bonds. The minimum Gasteiger partial charge on any atom is -0.493 e. The van der Waals surface area contributed by atoms with Gasteiger partial charge in [-0.15, -0.1) is 0 Å². The van der Waals surface area contributed by atoms with E-state index in [1.165, 1.54) is 11.1 Å². The molecule has 0 bridgehead atoms. The van der Waals surface area contributed by atoms with Crippen LogP contribution in [-0.4, -0.2) is 18.8 Å². The second kappa shape index (κ2) is 8.51. The van der Waals surface area contributed by atoms with Crippen LogP contribution >= 0.6 is 0 Å². The Hall–Kier alpha value is -2.10. The van der Waals surface area contributed by atoms with E-state index in [4.69, 9.17) is 14.2 Å². The van der Waals surface area contributed by atoms with Crippen molar-refractivity contribution in [2.45, 2.75) is 31.8 Å². The van der Waals surface area contributed by atoms with Gasteiger partial charge in [-0.1, -0.05) is 60.7 Å². The minimum atomic E-state index is -0.0626. The predicted octanol–water partition coefficient (Wildman–Crippen LogP) is 4.09. The van der Waals surface area contributed by atoms with E-state index in [1.807, 2.05) is 42.5 Å². The van der Waals surface area contributed by atoms with E-state index in [0.29, 0.717) is 19.8 Å². The molecule has 0 spiro atoms. The molecular weight excluding hydrogens is 288 g/mol. The third kappa shape index (κ3) is 4.95. The van der Waals surface area contributed by atoms with E-state index in [1.54, 1.807) is 6.26 Å². The van der Waals surface area contributed by atoms with Crippen molar-refractivity contribution < 1.29 is 14.2 Å². The molecule has 0 aliphatic carbocycles. The lowest BCUT2D eigenvalue weighted by Crippen LogP contribution is -2.36. The van der Waals surface area contributed by atoms with Crippen molar-refractivity contribution in [3.63, 3.8) is 0 Å². The van der Waals surface area contributed by atoms with Crippen LogP contribution in [0.3, 0.4) is 0 Å². The Labute approximate surface area is 137 Å². The second-order valence-electron chi connectivity index (χ2n) is 5.62. The molecule has 0 saturated heterocycles. The standard InChI is InChI=1S/C20H22O3/c1-3-8-17(9-4-1)14-21-16-20-19(12-7-13-22-20)23-15-18-10-5-2-6-11-18/h1-11,13,19-20H,12,14-16H2. The fraction of sp³-hybridized carbons (Fsp3) is 0.300. The summed E-state index contributed by atoms with van der Waals surface area (Å²) in [6.07, 6.45) is 4.57.